The van der Waals surface area contributed by atoms with Crippen LogP contribution in [-0.4, -0.2) is 73.5 Å². The Kier molecular flexibility index (Phi) is 6.31. The van der Waals surface area contributed by atoms with Gasteiger partial charge < -0.3 is 19.9 Å². The molecule has 0 aliphatic carbocycles. The van der Waals surface area contributed by atoms with Gasteiger partial charge in [0.1, 0.15) is 0 Å². The van der Waals surface area contributed by atoms with Crippen molar-refractivity contribution in [2.45, 2.75) is 31.7 Å². The average Bonchev–Trinajstić information content (AvgIpc) is 2.68. The van der Waals surface area contributed by atoms with Gasteiger partial charge in [-0.25, -0.2) is 4.98 Å². The monoisotopic (exact) mass is 374 g/mol. The van der Waals surface area contributed by atoms with Crippen molar-refractivity contribution in [2.24, 2.45) is 11.8 Å². The van der Waals surface area contributed by atoms with Gasteiger partial charge in [-0.05, 0) is 43.7 Å². The van der Waals surface area contributed by atoms with Crippen LogP contribution >= 0.6 is 0 Å². The number of methoxy groups -OCH3 is 1. The van der Waals surface area contributed by atoms with E-state index >= 15 is 0 Å². The molecule has 1 aromatic rings. The lowest BCUT2D eigenvalue weighted by Crippen LogP contribution is -2.57. The first kappa shape index (κ1) is 19.6. The third-order valence-electron chi connectivity index (χ3n) is 5.69. The molecule has 0 radical (unpaired) electrons. The highest BCUT2D eigenvalue weighted by atomic mass is 16.5. The molecule has 2 aliphatic rings. The van der Waals surface area contributed by atoms with Crippen LogP contribution in [0.1, 0.15) is 36.0 Å². The van der Waals surface area contributed by atoms with Gasteiger partial charge in [0.2, 0.25) is 11.8 Å². The van der Waals surface area contributed by atoms with Crippen molar-refractivity contribution >= 4 is 11.8 Å². The summed E-state index contributed by atoms with van der Waals surface area (Å²) < 4.78 is 5.07. The number of likely N-dealkylation sites (tertiary alicyclic amines) is 1. The summed E-state index contributed by atoms with van der Waals surface area (Å²) in [5.41, 5.74) is 0.608. The molecule has 0 spiro atoms. The number of hydrogen-bond donors (Lipinski definition) is 1. The number of carbonyl (C=O) groups excluding carboxylic acids is 2. The standard InChI is InChI=1S/C20H30N4O3/c1-23(2)19(25)6-4-5-17-16-9-14(10-21-17)12-24(13-16)20(26)15-7-8-18(27-3)22-11-15/h7-8,11,14,16-17,21H,4-6,9-10,12-13H2,1-3H3/t14?,16?,17-/m1/s1. The molecule has 2 unspecified atom stereocenters. The van der Waals surface area contributed by atoms with Gasteiger partial charge in [-0.3, -0.25) is 9.59 Å². The van der Waals surface area contributed by atoms with Crippen molar-refractivity contribution in [3.05, 3.63) is 23.9 Å². The number of nitrogens with one attached hydrogen (secondary N) is 1. The minimum absolute atomic E-state index is 0.0447. The molecule has 3 atom stereocenters. The van der Waals surface area contributed by atoms with Gasteiger partial charge in [-0.15, -0.1) is 0 Å². The van der Waals surface area contributed by atoms with Crippen LogP contribution in [0.25, 0.3) is 0 Å². The van der Waals surface area contributed by atoms with Crippen molar-refractivity contribution < 1.29 is 14.3 Å². The van der Waals surface area contributed by atoms with Crippen LogP contribution in [0.4, 0.5) is 0 Å². The van der Waals surface area contributed by atoms with Crippen molar-refractivity contribution in [1.29, 1.82) is 0 Å². The van der Waals surface area contributed by atoms with Gasteiger partial charge in [0.25, 0.3) is 5.91 Å². The third-order valence-corrected chi connectivity index (χ3v) is 5.69. The van der Waals surface area contributed by atoms with Crippen LogP contribution in [0.5, 0.6) is 5.88 Å². The van der Waals surface area contributed by atoms with Crippen molar-refractivity contribution in [3.8, 4) is 5.88 Å². The Morgan fingerprint density at radius 3 is 2.81 bits per heavy atom. The fourth-order valence-corrected chi connectivity index (χ4v) is 4.18. The number of piperidine rings is 2. The SMILES string of the molecule is COc1ccc(C(=O)N2CC3CN[C@H](CCCC(=O)N(C)C)C(C3)C2)cn1. The molecular formula is C20H30N4O3. The maximum Gasteiger partial charge on any atom is 0.255 e. The van der Waals surface area contributed by atoms with E-state index in [-0.39, 0.29) is 11.8 Å². The van der Waals surface area contributed by atoms with Gasteiger partial charge in [0.15, 0.2) is 0 Å². The van der Waals surface area contributed by atoms with Crippen molar-refractivity contribution in [2.75, 3.05) is 40.8 Å². The van der Waals surface area contributed by atoms with Gasteiger partial charge >= 0.3 is 0 Å². The lowest BCUT2D eigenvalue weighted by molar-refractivity contribution is -0.128. The first-order chi connectivity index (χ1) is 13.0. The summed E-state index contributed by atoms with van der Waals surface area (Å²) in [4.78, 5) is 32.4. The van der Waals surface area contributed by atoms with Crippen molar-refractivity contribution in [3.63, 3.8) is 0 Å². The predicted molar refractivity (Wildman–Crippen MR) is 103 cm³/mol. The van der Waals surface area contributed by atoms with Crippen LogP contribution in [0.15, 0.2) is 18.3 Å². The molecule has 1 N–H and O–H groups in total. The molecule has 0 aromatic carbocycles. The van der Waals surface area contributed by atoms with E-state index in [0.717, 1.165) is 38.9 Å². The Bertz CT molecular complexity index is 662. The fraction of sp³-hybridized carbons (Fsp3) is 0.650. The third kappa shape index (κ3) is 4.77. The zero-order valence-corrected chi connectivity index (χ0v) is 16.5. The largest absolute Gasteiger partial charge is 0.481 e. The van der Waals surface area contributed by atoms with Gasteiger partial charge in [-0.1, -0.05) is 0 Å². The molecule has 3 heterocycles. The number of ether oxygens (including phenoxy) is 1. The molecule has 2 fully saturated rings. The normalized spacial score (nSPS) is 24.4. The molecule has 148 valence electrons. The molecule has 7 heteroatoms. The van der Waals surface area contributed by atoms with E-state index in [1.54, 1.807) is 44.4 Å². The van der Waals surface area contributed by atoms with E-state index in [9.17, 15) is 9.59 Å². The van der Waals surface area contributed by atoms with E-state index in [4.69, 9.17) is 4.74 Å². The second-order valence-corrected chi connectivity index (χ2v) is 7.86. The Morgan fingerprint density at radius 2 is 2.15 bits per heavy atom. The van der Waals surface area contributed by atoms with Gasteiger partial charge in [-0.2, -0.15) is 0 Å². The molecule has 0 saturated carbocycles. The molecule has 2 saturated heterocycles. The van der Waals surface area contributed by atoms with E-state index in [1.807, 2.05) is 4.90 Å². The summed E-state index contributed by atoms with van der Waals surface area (Å²) in [5, 5.41) is 3.65. The Balaban J connectivity index is 1.57. The molecule has 3 rings (SSSR count). The molecule has 1 aromatic heterocycles. The quantitative estimate of drug-likeness (QED) is 0.815. The first-order valence-electron chi connectivity index (χ1n) is 9.70. The number of amides is 2. The number of hydrogen-bond acceptors (Lipinski definition) is 5. The molecule has 7 nitrogen and oxygen atoms in total. The van der Waals surface area contributed by atoms with E-state index < -0.39 is 0 Å². The Labute approximate surface area is 161 Å². The van der Waals surface area contributed by atoms with Crippen LogP contribution in [0.3, 0.4) is 0 Å². The zero-order chi connectivity index (χ0) is 19.4. The molecule has 27 heavy (non-hydrogen) atoms. The van der Waals surface area contributed by atoms with E-state index in [0.29, 0.717) is 35.7 Å². The minimum atomic E-state index is 0.0447. The number of nitrogens with zero attached hydrogens (tertiary/aromatic N) is 3. The highest BCUT2D eigenvalue weighted by molar-refractivity contribution is 5.94. The summed E-state index contributed by atoms with van der Waals surface area (Å²) in [6, 6.07) is 3.88. The second kappa shape index (κ2) is 8.69. The first-order valence-corrected chi connectivity index (χ1v) is 9.70. The summed E-state index contributed by atoms with van der Waals surface area (Å²) >= 11 is 0. The Hall–Kier alpha value is -2.15. The summed E-state index contributed by atoms with van der Waals surface area (Å²) in [6.45, 7) is 2.49. The van der Waals surface area contributed by atoms with E-state index in [1.165, 1.54) is 0 Å². The fourth-order valence-electron chi connectivity index (χ4n) is 4.18. The van der Waals surface area contributed by atoms with Crippen LogP contribution in [-0.2, 0) is 4.79 Å². The minimum Gasteiger partial charge on any atom is -0.481 e. The maximum absolute atomic E-state index is 12.9. The lowest BCUT2D eigenvalue weighted by Gasteiger charge is -2.46. The van der Waals surface area contributed by atoms with Gasteiger partial charge in [0, 0.05) is 51.9 Å². The zero-order valence-electron chi connectivity index (χ0n) is 16.5. The summed E-state index contributed by atoms with van der Waals surface area (Å²) in [5.74, 6) is 1.68. The number of fused-ring (bicyclic) bond motifs is 2. The number of rotatable bonds is 6. The highest BCUT2D eigenvalue weighted by Gasteiger charge is 2.38. The number of carbonyl (C=O) groups is 2. The number of aromatic nitrogens is 1. The topological polar surface area (TPSA) is 74.8 Å². The number of pyridine rings is 1. The van der Waals surface area contributed by atoms with Crippen LogP contribution in [0, 0.1) is 11.8 Å². The molecule has 2 bridgehead atoms. The molecule has 2 amide bonds. The second-order valence-electron chi connectivity index (χ2n) is 7.86. The Morgan fingerprint density at radius 1 is 1.33 bits per heavy atom. The maximum atomic E-state index is 12.9. The summed E-state index contributed by atoms with van der Waals surface area (Å²) in [6.07, 6.45) is 5.19. The smallest absolute Gasteiger partial charge is 0.255 e. The molecule has 2 aliphatic heterocycles. The highest BCUT2D eigenvalue weighted by Crippen LogP contribution is 2.31. The van der Waals surface area contributed by atoms with Crippen molar-refractivity contribution in [1.82, 2.24) is 20.1 Å². The molecular weight excluding hydrogens is 344 g/mol. The van der Waals surface area contributed by atoms with Crippen LogP contribution in [0.2, 0.25) is 0 Å². The summed E-state index contributed by atoms with van der Waals surface area (Å²) in [7, 11) is 5.16. The van der Waals surface area contributed by atoms with Gasteiger partial charge in [0.05, 0.1) is 12.7 Å². The van der Waals surface area contributed by atoms with Crippen LogP contribution < -0.4 is 10.1 Å². The van der Waals surface area contributed by atoms with E-state index in [2.05, 4.69) is 10.3 Å². The lowest BCUT2D eigenvalue weighted by atomic mass is 9.79. The average molecular weight is 374 g/mol. The predicted octanol–water partition coefficient (Wildman–Crippen LogP) is 1.40.